The number of thiophene rings is 1. The first-order valence-corrected chi connectivity index (χ1v) is 7.82. The zero-order valence-electron chi connectivity index (χ0n) is 12.6. The lowest BCUT2D eigenvalue weighted by molar-refractivity contribution is -0.384. The van der Waals surface area contributed by atoms with Crippen LogP contribution in [-0.4, -0.2) is 11.5 Å². The lowest BCUT2D eigenvalue weighted by Crippen LogP contribution is -2.21. The molecule has 0 aliphatic carbocycles. The molecule has 0 radical (unpaired) electrons. The Balaban J connectivity index is 1.86. The molecule has 0 fully saturated rings. The second-order valence-electron chi connectivity index (χ2n) is 5.22. The van der Waals surface area contributed by atoms with E-state index in [4.69, 9.17) is 0 Å². The SMILES string of the molecule is Cc1cc(C(C)NCCc2ccc([N+](=O)[O-])cc2)c(C)s1. The molecule has 2 rings (SSSR count). The van der Waals surface area contributed by atoms with Crippen molar-refractivity contribution < 1.29 is 4.92 Å². The van der Waals surface area contributed by atoms with Crippen LogP contribution in [-0.2, 0) is 6.42 Å². The summed E-state index contributed by atoms with van der Waals surface area (Å²) in [6.45, 7) is 7.31. The number of nitro groups is 1. The molecule has 1 atom stereocenters. The van der Waals surface area contributed by atoms with E-state index in [9.17, 15) is 10.1 Å². The maximum absolute atomic E-state index is 10.6. The maximum Gasteiger partial charge on any atom is 0.269 e. The number of nitro benzene ring substituents is 1. The number of benzene rings is 1. The largest absolute Gasteiger partial charge is 0.310 e. The highest BCUT2D eigenvalue weighted by molar-refractivity contribution is 7.12. The van der Waals surface area contributed by atoms with Crippen LogP contribution in [0.25, 0.3) is 0 Å². The van der Waals surface area contributed by atoms with Crippen molar-refractivity contribution in [3.05, 3.63) is 61.3 Å². The molecule has 4 nitrogen and oxygen atoms in total. The Hall–Kier alpha value is -1.72. The molecule has 1 N–H and O–H groups in total. The van der Waals surface area contributed by atoms with Crippen LogP contribution >= 0.6 is 11.3 Å². The predicted octanol–water partition coefficient (Wildman–Crippen LogP) is 4.17. The summed E-state index contributed by atoms with van der Waals surface area (Å²) in [5.74, 6) is 0. The first-order valence-electron chi connectivity index (χ1n) is 7.01. The van der Waals surface area contributed by atoms with E-state index in [0.717, 1.165) is 18.5 Å². The summed E-state index contributed by atoms with van der Waals surface area (Å²) in [6, 6.07) is 9.34. The number of non-ortho nitro benzene ring substituents is 1. The van der Waals surface area contributed by atoms with Gasteiger partial charge in [0.2, 0.25) is 0 Å². The molecule has 0 saturated carbocycles. The molecule has 0 spiro atoms. The van der Waals surface area contributed by atoms with Crippen molar-refractivity contribution in [2.24, 2.45) is 0 Å². The molecule has 0 aliphatic rings. The smallest absolute Gasteiger partial charge is 0.269 e. The fourth-order valence-corrected chi connectivity index (χ4v) is 3.43. The summed E-state index contributed by atoms with van der Waals surface area (Å²) in [7, 11) is 0. The molecule has 0 saturated heterocycles. The predicted molar refractivity (Wildman–Crippen MR) is 87.0 cm³/mol. The topological polar surface area (TPSA) is 55.2 Å². The Kier molecular flexibility index (Phi) is 5.09. The van der Waals surface area contributed by atoms with Gasteiger partial charge in [0.1, 0.15) is 0 Å². The van der Waals surface area contributed by atoms with Crippen LogP contribution in [0, 0.1) is 24.0 Å². The van der Waals surface area contributed by atoms with Gasteiger partial charge >= 0.3 is 0 Å². The normalized spacial score (nSPS) is 12.3. The van der Waals surface area contributed by atoms with Gasteiger partial charge in [0.15, 0.2) is 0 Å². The summed E-state index contributed by atoms with van der Waals surface area (Å²) in [5.41, 5.74) is 2.61. The maximum atomic E-state index is 10.6. The van der Waals surface area contributed by atoms with E-state index in [-0.39, 0.29) is 10.6 Å². The van der Waals surface area contributed by atoms with Crippen LogP contribution in [0.1, 0.15) is 33.8 Å². The van der Waals surface area contributed by atoms with Crippen molar-refractivity contribution in [3.8, 4) is 0 Å². The average molecular weight is 304 g/mol. The lowest BCUT2D eigenvalue weighted by Gasteiger charge is -2.13. The Morgan fingerprint density at radius 3 is 2.48 bits per heavy atom. The van der Waals surface area contributed by atoms with Gasteiger partial charge in [0, 0.05) is 27.9 Å². The summed E-state index contributed by atoms with van der Waals surface area (Å²) in [4.78, 5) is 12.9. The van der Waals surface area contributed by atoms with Gasteiger partial charge in [0.25, 0.3) is 5.69 Å². The highest BCUT2D eigenvalue weighted by Crippen LogP contribution is 2.26. The molecule has 0 bridgehead atoms. The molecule has 0 amide bonds. The second kappa shape index (κ2) is 6.83. The molecule has 1 aromatic heterocycles. The minimum absolute atomic E-state index is 0.143. The molecule has 5 heteroatoms. The summed E-state index contributed by atoms with van der Waals surface area (Å²) >= 11 is 1.83. The Morgan fingerprint density at radius 1 is 1.29 bits per heavy atom. The van der Waals surface area contributed by atoms with Crippen molar-refractivity contribution in [2.45, 2.75) is 33.2 Å². The van der Waals surface area contributed by atoms with Gasteiger partial charge < -0.3 is 5.32 Å². The Labute approximate surface area is 129 Å². The van der Waals surface area contributed by atoms with E-state index < -0.39 is 0 Å². The number of rotatable bonds is 6. The van der Waals surface area contributed by atoms with E-state index >= 15 is 0 Å². The van der Waals surface area contributed by atoms with Gasteiger partial charge in [-0.1, -0.05) is 12.1 Å². The number of aryl methyl sites for hydroxylation is 2. The van der Waals surface area contributed by atoms with E-state index in [1.54, 1.807) is 12.1 Å². The van der Waals surface area contributed by atoms with Crippen molar-refractivity contribution in [3.63, 3.8) is 0 Å². The molecule has 21 heavy (non-hydrogen) atoms. The molecule has 0 aliphatic heterocycles. The van der Waals surface area contributed by atoms with Gasteiger partial charge in [-0.05, 0) is 50.9 Å². The van der Waals surface area contributed by atoms with Crippen molar-refractivity contribution >= 4 is 17.0 Å². The Morgan fingerprint density at radius 2 is 1.95 bits per heavy atom. The van der Waals surface area contributed by atoms with E-state index in [1.807, 2.05) is 23.5 Å². The zero-order valence-corrected chi connectivity index (χ0v) is 13.4. The molecular formula is C16H20N2O2S. The molecule has 1 aromatic carbocycles. The van der Waals surface area contributed by atoms with Gasteiger partial charge in [0.05, 0.1) is 4.92 Å². The van der Waals surface area contributed by atoms with Crippen molar-refractivity contribution in [1.82, 2.24) is 5.32 Å². The average Bonchev–Trinajstić information content (AvgIpc) is 2.78. The van der Waals surface area contributed by atoms with E-state index in [0.29, 0.717) is 6.04 Å². The van der Waals surface area contributed by atoms with E-state index in [2.05, 4.69) is 32.2 Å². The Bertz CT molecular complexity index is 620. The molecule has 112 valence electrons. The highest BCUT2D eigenvalue weighted by atomic mass is 32.1. The fraction of sp³-hybridized carbons (Fsp3) is 0.375. The fourth-order valence-electron chi connectivity index (χ4n) is 2.41. The quantitative estimate of drug-likeness (QED) is 0.644. The first-order chi connectivity index (χ1) is 9.97. The number of nitrogens with one attached hydrogen (secondary N) is 1. The number of nitrogens with zero attached hydrogens (tertiary/aromatic N) is 1. The molecular weight excluding hydrogens is 284 g/mol. The van der Waals surface area contributed by atoms with Crippen LogP contribution in [0.3, 0.4) is 0 Å². The third-order valence-electron chi connectivity index (χ3n) is 3.56. The van der Waals surface area contributed by atoms with Gasteiger partial charge in [-0.15, -0.1) is 11.3 Å². The third kappa shape index (κ3) is 4.12. The summed E-state index contributed by atoms with van der Waals surface area (Å²) in [6.07, 6.45) is 0.866. The zero-order chi connectivity index (χ0) is 15.4. The van der Waals surface area contributed by atoms with Crippen LogP contribution < -0.4 is 5.32 Å². The van der Waals surface area contributed by atoms with Crippen molar-refractivity contribution in [1.29, 1.82) is 0 Å². The second-order valence-corrected chi connectivity index (χ2v) is 6.68. The lowest BCUT2D eigenvalue weighted by atomic mass is 10.1. The van der Waals surface area contributed by atoms with Crippen LogP contribution in [0.15, 0.2) is 30.3 Å². The summed E-state index contributed by atoms with van der Waals surface area (Å²) < 4.78 is 0. The number of hydrogen-bond donors (Lipinski definition) is 1. The van der Waals surface area contributed by atoms with Gasteiger partial charge in [-0.25, -0.2) is 0 Å². The standard InChI is InChI=1S/C16H20N2O2S/c1-11-10-16(13(3)21-11)12(2)17-9-8-14-4-6-15(7-5-14)18(19)20/h4-7,10,12,17H,8-9H2,1-3H3. The summed E-state index contributed by atoms with van der Waals surface area (Å²) in [5, 5.41) is 14.1. The minimum Gasteiger partial charge on any atom is -0.310 e. The van der Waals surface area contributed by atoms with Gasteiger partial charge in [-0.2, -0.15) is 0 Å². The van der Waals surface area contributed by atoms with E-state index in [1.165, 1.54) is 15.3 Å². The van der Waals surface area contributed by atoms with Gasteiger partial charge in [-0.3, -0.25) is 10.1 Å². The van der Waals surface area contributed by atoms with Crippen LogP contribution in [0.2, 0.25) is 0 Å². The third-order valence-corrected chi connectivity index (χ3v) is 4.54. The first kappa shape index (κ1) is 15.7. The van der Waals surface area contributed by atoms with Crippen LogP contribution in [0.5, 0.6) is 0 Å². The molecule has 2 aromatic rings. The van der Waals surface area contributed by atoms with Crippen molar-refractivity contribution in [2.75, 3.05) is 6.54 Å². The minimum atomic E-state index is -0.369. The monoisotopic (exact) mass is 304 g/mol. The molecule has 1 heterocycles. The highest BCUT2D eigenvalue weighted by Gasteiger charge is 2.10. The molecule has 1 unspecified atom stereocenters. The van der Waals surface area contributed by atoms with Crippen LogP contribution in [0.4, 0.5) is 5.69 Å². The number of hydrogen-bond acceptors (Lipinski definition) is 4.